The molecular weight excluding hydrogens is 318 g/mol. The number of hydrogen-bond acceptors (Lipinski definition) is 3. The van der Waals surface area contributed by atoms with Gasteiger partial charge in [0.25, 0.3) is 5.56 Å². The lowest BCUT2D eigenvalue weighted by Gasteiger charge is -2.09. The Morgan fingerprint density at radius 3 is 2.44 bits per heavy atom. The molecule has 1 heterocycles. The minimum atomic E-state index is -0.492. The SMILES string of the molecule is CC(C)NC(=O)Cc1ccc(-n2c(=O)[nH]c3ccccc3c2=O)cc1. The summed E-state index contributed by atoms with van der Waals surface area (Å²) < 4.78 is 1.10. The number of nitrogens with zero attached hydrogens (tertiary/aromatic N) is 1. The predicted molar refractivity (Wildman–Crippen MR) is 97.1 cm³/mol. The Balaban J connectivity index is 1.95. The first-order valence-electron chi connectivity index (χ1n) is 8.08. The molecule has 0 aliphatic carbocycles. The standard InChI is InChI=1S/C19H19N3O3/c1-12(2)20-17(23)11-13-7-9-14(10-8-13)22-18(24)15-5-3-4-6-16(15)21-19(22)25/h3-10,12H,11H2,1-2H3,(H,20,23)(H,21,25). The highest BCUT2D eigenvalue weighted by atomic mass is 16.2. The molecule has 0 aliphatic heterocycles. The van der Waals surface area contributed by atoms with Crippen molar-refractivity contribution in [3.63, 3.8) is 0 Å². The number of nitrogens with one attached hydrogen (secondary N) is 2. The van der Waals surface area contributed by atoms with Gasteiger partial charge >= 0.3 is 5.69 Å². The van der Waals surface area contributed by atoms with Crippen LogP contribution in [0.2, 0.25) is 0 Å². The number of aromatic nitrogens is 2. The van der Waals surface area contributed by atoms with E-state index in [1.165, 1.54) is 0 Å². The average molecular weight is 337 g/mol. The molecule has 0 unspecified atom stereocenters. The van der Waals surface area contributed by atoms with Gasteiger partial charge in [0, 0.05) is 6.04 Å². The van der Waals surface area contributed by atoms with Crippen molar-refractivity contribution in [1.29, 1.82) is 0 Å². The summed E-state index contributed by atoms with van der Waals surface area (Å²) in [5, 5.41) is 3.27. The van der Waals surface area contributed by atoms with Crippen molar-refractivity contribution < 1.29 is 4.79 Å². The molecule has 128 valence electrons. The lowest BCUT2D eigenvalue weighted by atomic mass is 10.1. The van der Waals surface area contributed by atoms with Gasteiger partial charge in [-0.3, -0.25) is 9.59 Å². The number of rotatable bonds is 4. The largest absolute Gasteiger partial charge is 0.354 e. The van der Waals surface area contributed by atoms with Crippen LogP contribution in [0.25, 0.3) is 16.6 Å². The molecule has 2 aromatic carbocycles. The summed E-state index contributed by atoms with van der Waals surface area (Å²) in [5.41, 5.74) is 0.923. The van der Waals surface area contributed by atoms with E-state index < -0.39 is 5.69 Å². The van der Waals surface area contributed by atoms with Crippen molar-refractivity contribution in [2.75, 3.05) is 0 Å². The maximum Gasteiger partial charge on any atom is 0.333 e. The second-order valence-electron chi connectivity index (χ2n) is 6.18. The van der Waals surface area contributed by atoms with Gasteiger partial charge in [-0.25, -0.2) is 9.36 Å². The molecule has 1 aromatic heterocycles. The Morgan fingerprint density at radius 1 is 1.08 bits per heavy atom. The van der Waals surface area contributed by atoms with Crippen LogP contribution in [-0.2, 0) is 11.2 Å². The lowest BCUT2D eigenvalue weighted by molar-refractivity contribution is -0.120. The number of fused-ring (bicyclic) bond motifs is 1. The molecule has 0 radical (unpaired) electrons. The minimum Gasteiger partial charge on any atom is -0.354 e. The number of aromatic amines is 1. The van der Waals surface area contributed by atoms with E-state index in [0.29, 0.717) is 16.6 Å². The topological polar surface area (TPSA) is 84.0 Å². The number of carbonyl (C=O) groups is 1. The Hall–Kier alpha value is -3.15. The van der Waals surface area contributed by atoms with Gasteiger partial charge in [-0.05, 0) is 43.7 Å². The van der Waals surface area contributed by atoms with Gasteiger partial charge in [0.05, 0.1) is 23.0 Å². The summed E-state index contributed by atoms with van der Waals surface area (Å²) in [5.74, 6) is -0.0662. The maximum absolute atomic E-state index is 12.6. The molecule has 3 aromatic rings. The van der Waals surface area contributed by atoms with Crippen LogP contribution in [0.4, 0.5) is 0 Å². The highest BCUT2D eigenvalue weighted by Gasteiger charge is 2.10. The van der Waals surface area contributed by atoms with Crippen molar-refractivity contribution in [3.05, 3.63) is 74.9 Å². The second-order valence-corrected chi connectivity index (χ2v) is 6.18. The Morgan fingerprint density at radius 2 is 1.76 bits per heavy atom. The first-order chi connectivity index (χ1) is 12.0. The quantitative estimate of drug-likeness (QED) is 0.761. The molecule has 25 heavy (non-hydrogen) atoms. The predicted octanol–water partition coefficient (Wildman–Crippen LogP) is 1.75. The molecule has 3 rings (SSSR count). The van der Waals surface area contributed by atoms with E-state index >= 15 is 0 Å². The van der Waals surface area contributed by atoms with Gasteiger partial charge in [-0.15, -0.1) is 0 Å². The first kappa shape index (κ1) is 16.7. The van der Waals surface area contributed by atoms with Crippen LogP contribution in [0.3, 0.4) is 0 Å². The molecule has 1 amide bonds. The van der Waals surface area contributed by atoms with Crippen LogP contribution in [0.15, 0.2) is 58.1 Å². The molecule has 2 N–H and O–H groups in total. The van der Waals surface area contributed by atoms with Gasteiger partial charge < -0.3 is 10.3 Å². The van der Waals surface area contributed by atoms with E-state index in [4.69, 9.17) is 0 Å². The van der Waals surface area contributed by atoms with Gasteiger partial charge in [0.1, 0.15) is 0 Å². The van der Waals surface area contributed by atoms with E-state index in [0.717, 1.165) is 10.1 Å². The monoisotopic (exact) mass is 337 g/mol. The first-order valence-corrected chi connectivity index (χ1v) is 8.08. The van der Waals surface area contributed by atoms with Crippen LogP contribution in [0, 0.1) is 0 Å². The zero-order valence-corrected chi connectivity index (χ0v) is 14.1. The molecule has 0 saturated carbocycles. The molecule has 0 aliphatic rings. The normalized spacial score (nSPS) is 11.0. The van der Waals surface area contributed by atoms with Crippen LogP contribution >= 0.6 is 0 Å². The Bertz CT molecular complexity index is 1030. The molecule has 6 heteroatoms. The van der Waals surface area contributed by atoms with Crippen molar-refractivity contribution in [2.24, 2.45) is 0 Å². The fourth-order valence-corrected chi connectivity index (χ4v) is 2.72. The van der Waals surface area contributed by atoms with Crippen LogP contribution in [-0.4, -0.2) is 21.5 Å². The molecule has 6 nitrogen and oxygen atoms in total. The highest BCUT2D eigenvalue weighted by molar-refractivity contribution is 5.79. The smallest absolute Gasteiger partial charge is 0.333 e. The van der Waals surface area contributed by atoms with E-state index in [2.05, 4.69) is 10.3 Å². The Kier molecular flexibility index (Phi) is 4.52. The van der Waals surface area contributed by atoms with Crippen LogP contribution in [0.1, 0.15) is 19.4 Å². The van der Waals surface area contributed by atoms with E-state index in [9.17, 15) is 14.4 Å². The van der Waals surface area contributed by atoms with Crippen LogP contribution in [0.5, 0.6) is 0 Å². The van der Waals surface area contributed by atoms with Crippen molar-refractivity contribution in [2.45, 2.75) is 26.3 Å². The molecule has 0 fully saturated rings. The van der Waals surface area contributed by atoms with Crippen LogP contribution < -0.4 is 16.6 Å². The van der Waals surface area contributed by atoms with Gasteiger partial charge in [0.15, 0.2) is 0 Å². The van der Waals surface area contributed by atoms with Gasteiger partial charge in [0.2, 0.25) is 5.91 Å². The minimum absolute atomic E-state index is 0.0662. The zero-order valence-electron chi connectivity index (χ0n) is 14.1. The van der Waals surface area contributed by atoms with Gasteiger partial charge in [-0.1, -0.05) is 24.3 Å². The third kappa shape index (κ3) is 3.52. The van der Waals surface area contributed by atoms with Crippen molar-refractivity contribution >= 4 is 16.8 Å². The van der Waals surface area contributed by atoms with Gasteiger partial charge in [-0.2, -0.15) is 0 Å². The lowest BCUT2D eigenvalue weighted by Crippen LogP contribution is -2.33. The Labute approximate surface area is 144 Å². The number of carbonyl (C=O) groups excluding carboxylic acids is 1. The van der Waals surface area contributed by atoms with E-state index in [1.54, 1.807) is 48.5 Å². The molecule has 0 bridgehead atoms. The third-order valence-electron chi connectivity index (χ3n) is 3.81. The summed E-state index contributed by atoms with van der Waals surface area (Å²) in [7, 11) is 0. The number of amides is 1. The highest BCUT2D eigenvalue weighted by Crippen LogP contribution is 2.09. The average Bonchev–Trinajstić information content (AvgIpc) is 2.55. The second kappa shape index (κ2) is 6.76. The summed E-state index contributed by atoms with van der Waals surface area (Å²) in [6.07, 6.45) is 0.251. The fraction of sp³-hybridized carbons (Fsp3) is 0.211. The summed E-state index contributed by atoms with van der Waals surface area (Å²) in [6, 6.07) is 13.8. The molecule has 0 spiro atoms. The number of hydrogen-bond donors (Lipinski definition) is 2. The third-order valence-corrected chi connectivity index (χ3v) is 3.81. The van der Waals surface area contributed by atoms with Crippen molar-refractivity contribution in [3.8, 4) is 5.69 Å². The number of H-pyrrole nitrogens is 1. The van der Waals surface area contributed by atoms with E-state index in [-0.39, 0.29) is 23.9 Å². The van der Waals surface area contributed by atoms with Crippen molar-refractivity contribution in [1.82, 2.24) is 14.9 Å². The number of para-hydroxylation sites is 1. The molecule has 0 saturated heterocycles. The zero-order chi connectivity index (χ0) is 18.0. The fourth-order valence-electron chi connectivity index (χ4n) is 2.72. The summed E-state index contributed by atoms with van der Waals surface area (Å²) >= 11 is 0. The van der Waals surface area contributed by atoms with E-state index in [1.807, 2.05) is 13.8 Å². The molecule has 0 atom stereocenters. The summed E-state index contributed by atoms with van der Waals surface area (Å²) in [6.45, 7) is 3.80. The summed E-state index contributed by atoms with van der Waals surface area (Å²) in [4.78, 5) is 39.4. The number of benzene rings is 2. The maximum atomic E-state index is 12.6. The molecular formula is C19H19N3O3.